The fraction of sp³-hybridized carbons (Fsp3) is 0.250. The Kier molecular flexibility index (Phi) is 5.24. The van der Waals surface area contributed by atoms with Crippen LogP contribution in [0.1, 0.15) is 17.2 Å². The van der Waals surface area contributed by atoms with E-state index in [1.54, 1.807) is 24.3 Å². The Bertz CT molecular complexity index is 516. The van der Waals surface area contributed by atoms with Crippen LogP contribution in [-0.2, 0) is 11.4 Å². The molecule has 0 aromatic heterocycles. The van der Waals surface area contributed by atoms with Gasteiger partial charge in [0.1, 0.15) is 5.82 Å². The zero-order valence-corrected chi connectivity index (χ0v) is 11.4. The van der Waals surface area contributed by atoms with Crippen molar-refractivity contribution in [2.45, 2.75) is 12.6 Å². The maximum Gasteiger partial charge on any atom is 0.123 e. The number of hydroxylamine groups is 2. The minimum Gasteiger partial charge on any atom is -0.387 e. The number of hydrogen-bond donors (Lipinski definition) is 1. The van der Waals surface area contributed by atoms with Crippen LogP contribution in [0.25, 0.3) is 0 Å². The van der Waals surface area contributed by atoms with Gasteiger partial charge in [-0.1, -0.05) is 42.5 Å². The summed E-state index contributed by atoms with van der Waals surface area (Å²) in [5.74, 6) is -0.311. The first-order chi connectivity index (χ1) is 9.69. The van der Waals surface area contributed by atoms with Gasteiger partial charge in [-0.25, -0.2) is 4.39 Å². The molecule has 2 aromatic carbocycles. The van der Waals surface area contributed by atoms with Crippen LogP contribution in [-0.4, -0.2) is 23.8 Å². The Morgan fingerprint density at radius 3 is 2.35 bits per heavy atom. The minimum atomic E-state index is -0.723. The number of aliphatic hydroxyl groups excluding tert-OH is 1. The lowest BCUT2D eigenvalue weighted by molar-refractivity contribution is -0.156. The second kappa shape index (κ2) is 7.14. The van der Waals surface area contributed by atoms with Gasteiger partial charge in [0.15, 0.2) is 0 Å². The second-order valence-corrected chi connectivity index (χ2v) is 4.56. The Labute approximate surface area is 118 Å². The highest BCUT2D eigenvalue weighted by Gasteiger charge is 2.14. The quantitative estimate of drug-likeness (QED) is 0.823. The monoisotopic (exact) mass is 275 g/mol. The summed E-state index contributed by atoms with van der Waals surface area (Å²) in [6.07, 6.45) is -0.723. The highest BCUT2D eigenvalue weighted by Crippen LogP contribution is 2.16. The third-order valence-corrected chi connectivity index (χ3v) is 3.09. The molecule has 0 aliphatic rings. The molecule has 0 bridgehead atoms. The number of halogens is 1. The Morgan fingerprint density at radius 2 is 1.75 bits per heavy atom. The standard InChI is InChI=1S/C16H18FNO2/c1-20-18(11-13-5-3-2-4-6-13)12-16(19)14-7-9-15(17)10-8-14/h2-10,16,19H,11-12H2,1H3. The van der Waals surface area contributed by atoms with Crippen LogP contribution in [0.4, 0.5) is 4.39 Å². The van der Waals surface area contributed by atoms with Crippen molar-refractivity contribution in [3.8, 4) is 0 Å². The summed E-state index contributed by atoms with van der Waals surface area (Å²) < 4.78 is 12.8. The Balaban J connectivity index is 1.97. The summed E-state index contributed by atoms with van der Waals surface area (Å²) in [7, 11) is 1.57. The molecule has 2 aromatic rings. The number of rotatable bonds is 6. The molecule has 0 fully saturated rings. The van der Waals surface area contributed by atoms with Crippen molar-refractivity contribution in [1.29, 1.82) is 0 Å². The summed E-state index contributed by atoms with van der Waals surface area (Å²) in [6, 6.07) is 15.7. The normalized spacial score (nSPS) is 12.6. The average molecular weight is 275 g/mol. The molecular weight excluding hydrogens is 257 g/mol. The van der Waals surface area contributed by atoms with Crippen molar-refractivity contribution in [3.63, 3.8) is 0 Å². The zero-order valence-electron chi connectivity index (χ0n) is 11.4. The van der Waals surface area contributed by atoms with Gasteiger partial charge >= 0.3 is 0 Å². The van der Waals surface area contributed by atoms with Crippen molar-refractivity contribution >= 4 is 0 Å². The predicted molar refractivity (Wildman–Crippen MR) is 75.2 cm³/mol. The van der Waals surface area contributed by atoms with Gasteiger partial charge in [-0.2, -0.15) is 5.06 Å². The van der Waals surface area contributed by atoms with Crippen LogP contribution >= 0.6 is 0 Å². The first-order valence-electron chi connectivity index (χ1n) is 6.45. The van der Waals surface area contributed by atoms with E-state index < -0.39 is 6.10 Å². The molecular formula is C16H18FNO2. The summed E-state index contributed by atoms with van der Waals surface area (Å²) >= 11 is 0. The van der Waals surface area contributed by atoms with E-state index in [2.05, 4.69) is 0 Å². The lowest BCUT2D eigenvalue weighted by Gasteiger charge is -2.23. The molecule has 0 aliphatic carbocycles. The van der Waals surface area contributed by atoms with Crippen LogP contribution in [0.2, 0.25) is 0 Å². The maximum atomic E-state index is 12.8. The summed E-state index contributed by atoms with van der Waals surface area (Å²) in [5, 5.41) is 11.8. The van der Waals surface area contributed by atoms with Crippen molar-refractivity contribution in [3.05, 3.63) is 71.5 Å². The molecule has 3 nitrogen and oxygen atoms in total. The first-order valence-corrected chi connectivity index (χ1v) is 6.45. The van der Waals surface area contributed by atoms with Crippen molar-refractivity contribution in [2.75, 3.05) is 13.7 Å². The number of aliphatic hydroxyl groups is 1. The van der Waals surface area contributed by atoms with Gasteiger partial charge in [0.05, 0.1) is 19.8 Å². The largest absolute Gasteiger partial charge is 0.387 e. The number of nitrogens with zero attached hydrogens (tertiary/aromatic N) is 1. The van der Waals surface area contributed by atoms with Gasteiger partial charge < -0.3 is 9.94 Å². The molecule has 0 amide bonds. The summed E-state index contributed by atoms with van der Waals surface area (Å²) in [6.45, 7) is 0.895. The molecule has 2 rings (SSSR count). The van der Waals surface area contributed by atoms with E-state index in [0.29, 0.717) is 18.7 Å². The zero-order chi connectivity index (χ0) is 14.4. The highest BCUT2D eigenvalue weighted by atomic mass is 19.1. The molecule has 0 heterocycles. The molecule has 1 N–H and O–H groups in total. The minimum absolute atomic E-state index is 0.311. The van der Waals surface area contributed by atoms with Crippen molar-refractivity contribution < 1.29 is 14.3 Å². The Morgan fingerprint density at radius 1 is 1.10 bits per heavy atom. The topological polar surface area (TPSA) is 32.7 Å². The van der Waals surface area contributed by atoms with E-state index in [4.69, 9.17) is 4.84 Å². The number of hydrogen-bond acceptors (Lipinski definition) is 3. The van der Waals surface area contributed by atoms with Crippen molar-refractivity contribution in [1.82, 2.24) is 5.06 Å². The molecule has 1 atom stereocenters. The molecule has 0 aliphatic heterocycles. The molecule has 0 saturated heterocycles. The molecule has 0 radical (unpaired) electrons. The van der Waals surface area contributed by atoms with E-state index in [1.165, 1.54) is 12.1 Å². The van der Waals surface area contributed by atoms with E-state index >= 15 is 0 Å². The number of benzene rings is 2. The van der Waals surface area contributed by atoms with Crippen LogP contribution < -0.4 is 0 Å². The maximum absolute atomic E-state index is 12.8. The lowest BCUT2D eigenvalue weighted by Crippen LogP contribution is -2.27. The highest BCUT2D eigenvalue weighted by molar-refractivity contribution is 5.19. The van der Waals surface area contributed by atoms with Crippen molar-refractivity contribution in [2.24, 2.45) is 0 Å². The van der Waals surface area contributed by atoms with E-state index in [0.717, 1.165) is 5.56 Å². The van der Waals surface area contributed by atoms with E-state index in [-0.39, 0.29) is 5.82 Å². The molecule has 106 valence electrons. The molecule has 0 spiro atoms. The summed E-state index contributed by atoms with van der Waals surface area (Å²) in [5.41, 5.74) is 1.77. The van der Waals surface area contributed by atoms with Crippen LogP contribution in [0.3, 0.4) is 0 Å². The van der Waals surface area contributed by atoms with Gasteiger partial charge in [-0.3, -0.25) is 0 Å². The van der Waals surface area contributed by atoms with Gasteiger partial charge in [-0.05, 0) is 23.3 Å². The predicted octanol–water partition coefficient (Wildman–Crippen LogP) is 2.92. The third-order valence-electron chi connectivity index (χ3n) is 3.09. The molecule has 20 heavy (non-hydrogen) atoms. The van der Waals surface area contributed by atoms with Gasteiger partial charge in [0.25, 0.3) is 0 Å². The lowest BCUT2D eigenvalue weighted by atomic mass is 10.1. The fourth-order valence-corrected chi connectivity index (χ4v) is 1.97. The molecule has 4 heteroatoms. The van der Waals surface area contributed by atoms with E-state index in [9.17, 15) is 9.50 Å². The van der Waals surface area contributed by atoms with E-state index in [1.807, 2.05) is 30.3 Å². The van der Waals surface area contributed by atoms with Gasteiger partial charge in [0.2, 0.25) is 0 Å². The molecule has 1 unspecified atom stereocenters. The van der Waals surface area contributed by atoms with Crippen LogP contribution in [0.5, 0.6) is 0 Å². The first kappa shape index (κ1) is 14.7. The SMILES string of the molecule is CON(Cc1ccccc1)CC(O)c1ccc(F)cc1. The smallest absolute Gasteiger partial charge is 0.123 e. The fourth-order valence-electron chi connectivity index (χ4n) is 1.97. The Hall–Kier alpha value is -1.75. The van der Waals surface area contributed by atoms with Gasteiger partial charge in [0, 0.05) is 6.54 Å². The van der Waals surface area contributed by atoms with Crippen LogP contribution in [0, 0.1) is 5.82 Å². The third kappa shape index (κ3) is 4.13. The molecule has 0 saturated carbocycles. The summed E-state index contributed by atoms with van der Waals surface area (Å²) in [4.78, 5) is 5.27. The van der Waals surface area contributed by atoms with Crippen LogP contribution in [0.15, 0.2) is 54.6 Å². The average Bonchev–Trinajstić information content (AvgIpc) is 2.48. The van der Waals surface area contributed by atoms with Gasteiger partial charge in [-0.15, -0.1) is 0 Å². The second-order valence-electron chi connectivity index (χ2n) is 4.56.